The van der Waals surface area contributed by atoms with E-state index in [2.05, 4.69) is 0 Å². The molecule has 0 spiro atoms. The summed E-state index contributed by atoms with van der Waals surface area (Å²) >= 11 is 10.9. The Labute approximate surface area is 158 Å². The summed E-state index contributed by atoms with van der Waals surface area (Å²) in [6.45, 7) is 0.203. The number of amides is 1. The van der Waals surface area contributed by atoms with Crippen LogP contribution in [-0.4, -0.2) is 77.1 Å². The van der Waals surface area contributed by atoms with Gasteiger partial charge in [0.05, 0.1) is 5.75 Å². The smallest absolute Gasteiger partial charge is 0.324 e. The fourth-order valence-corrected chi connectivity index (χ4v) is 5.31. The lowest BCUT2D eigenvalue weighted by molar-refractivity contribution is -0.141. The summed E-state index contributed by atoms with van der Waals surface area (Å²) in [6, 6.07) is -1.37. The van der Waals surface area contributed by atoms with Crippen LogP contribution in [0.3, 0.4) is 0 Å². The summed E-state index contributed by atoms with van der Waals surface area (Å²) in [7, 11) is -3.82. The van der Waals surface area contributed by atoms with Crippen LogP contribution in [-0.2, 0) is 33.7 Å². The number of fused-ring (bicyclic) bond motifs is 1. The number of sulfone groups is 1. The van der Waals surface area contributed by atoms with Gasteiger partial charge in [0.15, 0.2) is 15.2 Å². The minimum atomic E-state index is -3.82. The van der Waals surface area contributed by atoms with Crippen molar-refractivity contribution in [3.05, 3.63) is 11.3 Å². The van der Waals surface area contributed by atoms with Gasteiger partial charge in [0.2, 0.25) is 11.0 Å². The molecule has 2 rings (SSSR count). The Kier molecular flexibility index (Phi) is 5.90. The lowest BCUT2D eigenvalue weighted by Crippen LogP contribution is -2.68. The van der Waals surface area contributed by atoms with Crippen LogP contribution in [0, 0.1) is 0 Å². The minimum absolute atomic E-state index is 0.0299. The predicted octanol–water partition coefficient (Wildman–Crippen LogP) is -1.24. The van der Waals surface area contributed by atoms with Crippen LogP contribution < -0.4 is 5.73 Å². The Morgan fingerprint density at radius 2 is 2.08 bits per heavy atom. The third-order valence-corrected chi connectivity index (χ3v) is 6.51. The van der Waals surface area contributed by atoms with Crippen molar-refractivity contribution in [3.8, 4) is 0 Å². The fourth-order valence-electron chi connectivity index (χ4n) is 2.42. The first-order valence-electron chi connectivity index (χ1n) is 7.17. The number of thiocarbonyl (C=S) groups is 1. The Bertz CT molecular complexity index is 809. The molecule has 2 unspecified atom stereocenters. The highest BCUT2D eigenvalue weighted by atomic mass is 35.5. The highest BCUT2D eigenvalue weighted by Crippen LogP contribution is 2.39. The third-order valence-electron chi connectivity index (χ3n) is 3.65. The van der Waals surface area contributed by atoms with Crippen molar-refractivity contribution in [1.82, 2.24) is 4.90 Å². The number of hydrogen-bond donors (Lipinski definition) is 2. The standard InChI is InChI=1S/C13H15ClN2O8S2/c1-5(17)23-2-6-4-26(21,22)11-8(14)10(18)16(11)9(6)13(25)24-3-7(15)12(19)20/h7-8,11H,2-4,15H2,1H3,(H,19,20)/t7?,8-,11?/m0/s1. The molecule has 2 aliphatic rings. The number of halogens is 1. The van der Waals surface area contributed by atoms with Crippen molar-refractivity contribution in [2.75, 3.05) is 19.0 Å². The third kappa shape index (κ3) is 3.82. The van der Waals surface area contributed by atoms with Gasteiger partial charge in [-0.1, -0.05) is 0 Å². The van der Waals surface area contributed by atoms with Crippen LogP contribution in [0.5, 0.6) is 0 Å². The summed E-state index contributed by atoms with van der Waals surface area (Å²) < 4.78 is 34.7. The number of alkyl halides is 1. The van der Waals surface area contributed by atoms with Crippen LogP contribution in [0.4, 0.5) is 0 Å². The predicted molar refractivity (Wildman–Crippen MR) is 91.9 cm³/mol. The summed E-state index contributed by atoms with van der Waals surface area (Å²) in [5.74, 6) is -3.24. The monoisotopic (exact) mass is 426 g/mol. The molecule has 0 saturated carbocycles. The molecular weight excluding hydrogens is 412 g/mol. The van der Waals surface area contributed by atoms with E-state index in [0.29, 0.717) is 0 Å². The van der Waals surface area contributed by atoms with Crippen molar-refractivity contribution < 1.29 is 37.4 Å². The van der Waals surface area contributed by atoms with E-state index < -0.39 is 63.4 Å². The highest BCUT2D eigenvalue weighted by molar-refractivity contribution is 7.92. The number of carboxylic acids is 1. The number of β-lactam (4-membered cyclic amide) rings is 1. The largest absolute Gasteiger partial charge is 0.480 e. The van der Waals surface area contributed by atoms with Gasteiger partial charge in [0, 0.05) is 12.5 Å². The molecule has 1 fully saturated rings. The van der Waals surface area contributed by atoms with Gasteiger partial charge in [0.1, 0.15) is 30.3 Å². The zero-order valence-electron chi connectivity index (χ0n) is 13.4. The number of aliphatic carboxylic acids is 1. The second kappa shape index (κ2) is 7.47. The molecule has 0 bridgehead atoms. The van der Waals surface area contributed by atoms with Gasteiger partial charge >= 0.3 is 11.9 Å². The Balaban J connectivity index is 2.36. The van der Waals surface area contributed by atoms with E-state index in [4.69, 9.17) is 44.1 Å². The summed E-state index contributed by atoms with van der Waals surface area (Å²) in [5, 5.41) is 5.86. The molecule has 3 N–H and O–H groups in total. The molecule has 3 atom stereocenters. The van der Waals surface area contributed by atoms with E-state index in [1.165, 1.54) is 0 Å². The number of nitrogens with two attached hydrogens (primary N) is 1. The Hall–Kier alpha value is -1.76. The number of esters is 1. The van der Waals surface area contributed by atoms with Gasteiger partial charge in [-0.25, -0.2) is 8.42 Å². The first kappa shape index (κ1) is 20.6. The number of hydrogen-bond acceptors (Lipinski definition) is 9. The summed E-state index contributed by atoms with van der Waals surface area (Å²) in [5.41, 5.74) is 5.29. The maximum Gasteiger partial charge on any atom is 0.324 e. The maximum absolute atomic E-state index is 12.3. The zero-order valence-corrected chi connectivity index (χ0v) is 15.8. The molecule has 2 heterocycles. The van der Waals surface area contributed by atoms with Gasteiger partial charge in [-0.15, -0.1) is 11.6 Å². The molecule has 144 valence electrons. The SMILES string of the molecule is CC(=O)OCC1=C(C(=S)OCC(N)C(=O)O)N2C(=O)[C@H](Cl)C2S(=O)(=O)C1. The summed E-state index contributed by atoms with van der Waals surface area (Å²) in [4.78, 5) is 34.8. The molecule has 0 aromatic heterocycles. The quantitative estimate of drug-likeness (QED) is 0.228. The average Bonchev–Trinajstić information content (AvgIpc) is 2.55. The second-order valence-electron chi connectivity index (χ2n) is 5.58. The van der Waals surface area contributed by atoms with Crippen LogP contribution in [0.2, 0.25) is 0 Å². The minimum Gasteiger partial charge on any atom is -0.480 e. The van der Waals surface area contributed by atoms with Crippen LogP contribution in [0.25, 0.3) is 0 Å². The number of nitrogens with zero attached hydrogens (tertiary/aromatic N) is 1. The second-order valence-corrected chi connectivity index (χ2v) is 8.52. The molecule has 1 saturated heterocycles. The van der Waals surface area contributed by atoms with Gasteiger partial charge in [-0.2, -0.15) is 0 Å². The molecular formula is C13H15ClN2O8S2. The van der Waals surface area contributed by atoms with E-state index in [9.17, 15) is 22.8 Å². The van der Waals surface area contributed by atoms with Gasteiger partial charge in [-0.3, -0.25) is 19.3 Å². The van der Waals surface area contributed by atoms with E-state index in [0.717, 1.165) is 11.8 Å². The van der Waals surface area contributed by atoms with Crippen molar-refractivity contribution in [2.45, 2.75) is 23.7 Å². The topological polar surface area (TPSA) is 153 Å². The molecule has 0 aromatic rings. The van der Waals surface area contributed by atoms with E-state index in [1.807, 2.05) is 0 Å². The van der Waals surface area contributed by atoms with Crippen molar-refractivity contribution in [3.63, 3.8) is 0 Å². The first-order valence-corrected chi connectivity index (χ1v) is 9.73. The maximum atomic E-state index is 12.3. The number of ether oxygens (including phenoxy) is 2. The number of carbonyl (C=O) groups is 3. The molecule has 1 amide bonds. The van der Waals surface area contributed by atoms with Crippen molar-refractivity contribution in [1.29, 1.82) is 0 Å². The number of rotatable bonds is 6. The lowest BCUT2D eigenvalue weighted by atomic mass is 10.1. The van der Waals surface area contributed by atoms with Crippen LogP contribution >= 0.6 is 23.8 Å². The number of carboxylic acid groups (broad SMARTS) is 1. The van der Waals surface area contributed by atoms with Gasteiger partial charge in [0.25, 0.3) is 0 Å². The van der Waals surface area contributed by atoms with Crippen molar-refractivity contribution >= 4 is 56.6 Å². The number of carbonyl (C=O) groups excluding carboxylic acids is 2. The lowest BCUT2D eigenvalue weighted by Gasteiger charge is -2.47. The molecule has 10 nitrogen and oxygen atoms in total. The zero-order chi connectivity index (χ0) is 19.8. The molecule has 0 radical (unpaired) electrons. The molecule has 0 aromatic carbocycles. The van der Waals surface area contributed by atoms with Gasteiger partial charge in [-0.05, 0) is 12.2 Å². The Morgan fingerprint density at radius 1 is 1.46 bits per heavy atom. The molecule has 2 aliphatic heterocycles. The normalized spacial score (nSPS) is 25.0. The highest BCUT2D eigenvalue weighted by Gasteiger charge is 2.59. The van der Waals surface area contributed by atoms with Gasteiger partial charge < -0.3 is 20.3 Å². The molecule has 13 heteroatoms. The van der Waals surface area contributed by atoms with Crippen LogP contribution in [0.15, 0.2) is 11.3 Å². The molecule has 26 heavy (non-hydrogen) atoms. The molecule has 0 aliphatic carbocycles. The van der Waals surface area contributed by atoms with E-state index in [1.54, 1.807) is 0 Å². The Morgan fingerprint density at radius 3 is 2.62 bits per heavy atom. The fraction of sp³-hybridized carbons (Fsp3) is 0.538. The average molecular weight is 427 g/mol. The summed E-state index contributed by atoms with van der Waals surface area (Å²) in [6.07, 6.45) is 0. The van der Waals surface area contributed by atoms with Crippen molar-refractivity contribution in [2.24, 2.45) is 5.73 Å². The van der Waals surface area contributed by atoms with E-state index in [-0.39, 0.29) is 16.3 Å². The first-order chi connectivity index (χ1) is 12.0. The van der Waals surface area contributed by atoms with E-state index >= 15 is 0 Å². The van der Waals surface area contributed by atoms with Crippen LogP contribution in [0.1, 0.15) is 6.92 Å².